The van der Waals surface area contributed by atoms with Gasteiger partial charge >= 0.3 is 0 Å². The Kier molecular flexibility index (Phi) is 7.26. The molecule has 36 heavy (non-hydrogen) atoms. The van der Waals surface area contributed by atoms with Gasteiger partial charge in [0, 0.05) is 12.1 Å². The summed E-state index contributed by atoms with van der Waals surface area (Å²) in [6, 6.07) is 19.2. The van der Waals surface area contributed by atoms with Gasteiger partial charge in [0.1, 0.15) is 6.10 Å². The first-order valence-electron chi connectivity index (χ1n) is 11.7. The number of rotatable bonds is 7. The lowest BCUT2D eigenvalue weighted by atomic mass is 10.00. The van der Waals surface area contributed by atoms with Gasteiger partial charge in [-0.15, -0.1) is 38.1 Å². The topological polar surface area (TPSA) is 101 Å². The van der Waals surface area contributed by atoms with Crippen molar-refractivity contribution in [2.75, 3.05) is 12.8 Å². The van der Waals surface area contributed by atoms with Gasteiger partial charge in [-0.25, -0.2) is 0 Å². The fourth-order valence-electron chi connectivity index (χ4n) is 4.33. The number of aliphatic hydroxyl groups is 1. The molecule has 3 heterocycles. The Balaban J connectivity index is 1.37. The quantitative estimate of drug-likeness (QED) is 0.278. The van der Waals surface area contributed by atoms with Crippen LogP contribution in [0.4, 0.5) is 0 Å². The van der Waals surface area contributed by atoms with Gasteiger partial charge in [0.2, 0.25) is 0 Å². The number of carbonyl (C=O) groups excluding carboxylic acids is 2. The third-order valence-electron chi connectivity index (χ3n) is 6.21. The smallest absolute Gasteiger partial charge is 0.264 e. The minimum Gasteiger partial charge on any atom is -0.380 e. The number of thioether (sulfide) groups is 1. The zero-order valence-corrected chi connectivity index (χ0v) is 21.3. The van der Waals surface area contributed by atoms with Gasteiger partial charge in [0.05, 0.1) is 20.8 Å². The Bertz CT molecular complexity index is 1370. The van der Waals surface area contributed by atoms with E-state index in [4.69, 9.17) is 0 Å². The molecule has 1 aliphatic rings. The lowest BCUT2D eigenvalue weighted by Gasteiger charge is -2.33. The number of carbonyl (C=O) groups is 2. The summed E-state index contributed by atoms with van der Waals surface area (Å²) in [6.07, 6.45) is 3.42. The van der Waals surface area contributed by atoms with Crippen LogP contribution < -0.4 is 0 Å². The molecule has 0 aliphatic carbocycles. The first-order valence-corrected chi connectivity index (χ1v) is 13.7. The number of ketones is 1. The first kappa shape index (κ1) is 24.4. The molecular formula is C26H25N5O3S2. The van der Waals surface area contributed by atoms with E-state index in [2.05, 4.69) is 15.4 Å². The average Bonchev–Trinajstić information content (AvgIpc) is 3.63. The predicted molar refractivity (Wildman–Crippen MR) is 139 cm³/mol. The molecule has 0 saturated carbocycles. The van der Waals surface area contributed by atoms with E-state index >= 15 is 0 Å². The van der Waals surface area contributed by atoms with Crippen LogP contribution in [0.3, 0.4) is 0 Å². The highest BCUT2D eigenvalue weighted by molar-refractivity contribution is 8.00. The highest BCUT2D eigenvalue weighted by Crippen LogP contribution is 2.33. The molecule has 1 amide bonds. The van der Waals surface area contributed by atoms with Crippen molar-refractivity contribution in [3.8, 4) is 5.69 Å². The summed E-state index contributed by atoms with van der Waals surface area (Å²) in [4.78, 5) is 30.1. The molecule has 0 bridgehead atoms. The van der Waals surface area contributed by atoms with Crippen molar-refractivity contribution >= 4 is 34.8 Å². The molecule has 2 unspecified atom stereocenters. The Labute approximate surface area is 217 Å². The number of aromatic nitrogens is 4. The molecule has 10 heteroatoms. The third-order valence-corrected chi connectivity index (χ3v) is 8.37. The van der Waals surface area contributed by atoms with Crippen molar-refractivity contribution in [2.45, 2.75) is 35.6 Å². The van der Waals surface area contributed by atoms with Crippen LogP contribution in [0.5, 0.6) is 0 Å². The number of likely N-dealkylation sites (tertiary alicyclic amines) is 1. The molecule has 2 atom stereocenters. The van der Waals surface area contributed by atoms with Crippen molar-refractivity contribution in [1.29, 1.82) is 0 Å². The summed E-state index contributed by atoms with van der Waals surface area (Å²) in [7, 11) is 0. The summed E-state index contributed by atoms with van der Waals surface area (Å²) < 4.78 is 1.10. The molecule has 1 aliphatic heterocycles. The van der Waals surface area contributed by atoms with Gasteiger partial charge in [-0.1, -0.05) is 42.5 Å². The molecule has 2 aromatic carbocycles. The number of benzene rings is 2. The van der Waals surface area contributed by atoms with Gasteiger partial charge in [-0.05, 0) is 60.6 Å². The minimum atomic E-state index is -1.26. The van der Waals surface area contributed by atoms with Crippen LogP contribution >= 0.6 is 23.1 Å². The Morgan fingerprint density at radius 2 is 1.92 bits per heavy atom. The van der Waals surface area contributed by atoms with E-state index in [9.17, 15) is 14.7 Å². The van der Waals surface area contributed by atoms with Crippen molar-refractivity contribution in [1.82, 2.24) is 25.1 Å². The number of piperidine rings is 1. The second-order valence-electron chi connectivity index (χ2n) is 8.50. The summed E-state index contributed by atoms with van der Waals surface area (Å²) in [6.45, 7) is 0.645. The third kappa shape index (κ3) is 4.97. The SMILES string of the molecule is CSc1ccc(C(=O)N2CCCCC2c2nnn(-c3cccc(C(=O)C(O)c4ccccc4)c3)n2)s1. The molecule has 8 nitrogen and oxygen atoms in total. The average molecular weight is 520 g/mol. The molecule has 1 N–H and O–H groups in total. The van der Waals surface area contributed by atoms with Gasteiger partial charge in [0.15, 0.2) is 11.6 Å². The van der Waals surface area contributed by atoms with E-state index in [-0.39, 0.29) is 11.9 Å². The molecule has 5 rings (SSSR count). The van der Waals surface area contributed by atoms with Gasteiger partial charge < -0.3 is 10.0 Å². The van der Waals surface area contributed by atoms with E-state index in [0.717, 1.165) is 23.5 Å². The summed E-state index contributed by atoms with van der Waals surface area (Å²) >= 11 is 3.12. The lowest BCUT2D eigenvalue weighted by molar-refractivity contribution is 0.0604. The maximum absolute atomic E-state index is 13.3. The Morgan fingerprint density at radius 1 is 1.08 bits per heavy atom. The van der Waals surface area contributed by atoms with E-state index in [1.54, 1.807) is 60.3 Å². The molecule has 4 aromatic rings. The highest BCUT2D eigenvalue weighted by Gasteiger charge is 2.32. The van der Waals surface area contributed by atoms with Crippen molar-refractivity contribution in [3.63, 3.8) is 0 Å². The van der Waals surface area contributed by atoms with Crippen LogP contribution in [-0.2, 0) is 0 Å². The predicted octanol–water partition coefficient (Wildman–Crippen LogP) is 4.73. The Hall–Kier alpha value is -3.34. The van der Waals surface area contributed by atoms with Gasteiger partial charge in [-0.3, -0.25) is 9.59 Å². The number of nitrogens with zero attached hydrogens (tertiary/aromatic N) is 5. The van der Waals surface area contributed by atoms with E-state index < -0.39 is 11.9 Å². The fourth-order valence-corrected chi connectivity index (χ4v) is 5.83. The number of aliphatic hydroxyl groups excluding tert-OH is 1. The molecule has 1 fully saturated rings. The number of thiophene rings is 1. The van der Waals surface area contributed by atoms with Gasteiger partial charge in [0.25, 0.3) is 5.91 Å². The maximum atomic E-state index is 13.3. The lowest BCUT2D eigenvalue weighted by Crippen LogP contribution is -2.38. The number of tetrazole rings is 1. The van der Waals surface area contributed by atoms with Crippen LogP contribution in [0.15, 0.2) is 70.9 Å². The van der Waals surface area contributed by atoms with Gasteiger partial charge in [-0.2, -0.15) is 0 Å². The molecule has 0 radical (unpaired) electrons. The molecular weight excluding hydrogens is 494 g/mol. The minimum absolute atomic E-state index is 0.0103. The Morgan fingerprint density at radius 3 is 2.69 bits per heavy atom. The summed E-state index contributed by atoms with van der Waals surface area (Å²) in [5.74, 6) is 0.0580. The van der Waals surface area contributed by atoms with Crippen molar-refractivity contribution in [2.24, 2.45) is 0 Å². The largest absolute Gasteiger partial charge is 0.380 e. The van der Waals surface area contributed by atoms with Crippen molar-refractivity contribution in [3.05, 3.63) is 88.6 Å². The number of Topliss-reactive ketones (excluding diaryl/α,β-unsaturated/α-hetero) is 1. The van der Waals surface area contributed by atoms with Crippen LogP contribution in [0, 0.1) is 0 Å². The second kappa shape index (κ2) is 10.7. The monoisotopic (exact) mass is 519 g/mol. The standard InChI is InChI=1S/C26H25N5O3S2/c1-35-22-14-13-21(36-22)26(34)30-15-6-5-12-20(30)25-27-29-31(28-25)19-11-7-10-18(16-19)24(33)23(32)17-8-3-2-4-9-17/h2-4,7-11,13-14,16,20,23,32H,5-6,12,15H2,1H3. The van der Waals surface area contributed by atoms with Crippen LogP contribution in [0.1, 0.15) is 62.8 Å². The summed E-state index contributed by atoms with van der Waals surface area (Å²) in [5, 5.41) is 23.6. The summed E-state index contributed by atoms with van der Waals surface area (Å²) in [5.41, 5.74) is 1.43. The zero-order valence-electron chi connectivity index (χ0n) is 19.7. The highest BCUT2D eigenvalue weighted by atomic mass is 32.2. The van der Waals surface area contributed by atoms with Crippen LogP contribution in [-0.4, -0.2) is 54.7 Å². The fraction of sp³-hybridized carbons (Fsp3) is 0.269. The van der Waals surface area contributed by atoms with E-state index in [0.29, 0.717) is 34.1 Å². The number of amides is 1. The molecule has 2 aromatic heterocycles. The van der Waals surface area contributed by atoms with Crippen LogP contribution in [0.2, 0.25) is 0 Å². The molecule has 184 valence electrons. The van der Waals surface area contributed by atoms with E-state index in [1.165, 1.54) is 16.1 Å². The van der Waals surface area contributed by atoms with Crippen LogP contribution in [0.25, 0.3) is 5.69 Å². The number of hydrogen-bond acceptors (Lipinski definition) is 8. The first-order chi connectivity index (χ1) is 17.5. The van der Waals surface area contributed by atoms with E-state index in [1.807, 2.05) is 29.4 Å². The molecule has 0 spiro atoms. The molecule has 1 saturated heterocycles. The zero-order chi connectivity index (χ0) is 25.1. The number of hydrogen-bond donors (Lipinski definition) is 1. The second-order valence-corrected chi connectivity index (χ2v) is 10.7. The normalized spacial score (nSPS) is 16.6. The van der Waals surface area contributed by atoms with Crippen molar-refractivity contribution < 1.29 is 14.7 Å². The maximum Gasteiger partial charge on any atom is 0.264 e.